The number of anilines is 1. The van der Waals surface area contributed by atoms with Gasteiger partial charge in [-0.15, -0.1) is 11.3 Å². The third-order valence-electron chi connectivity index (χ3n) is 3.18. The Balaban J connectivity index is 2.10. The van der Waals surface area contributed by atoms with E-state index in [1.54, 1.807) is 0 Å². The summed E-state index contributed by atoms with van der Waals surface area (Å²) in [5.74, 6) is -0.294. The molecule has 1 aromatic rings. The molecule has 6 nitrogen and oxygen atoms in total. The lowest BCUT2D eigenvalue weighted by Gasteiger charge is -2.07. The Hall–Kier alpha value is -1.47. The lowest BCUT2D eigenvalue weighted by atomic mass is 10.1. The molecule has 0 fully saturated rings. The Morgan fingerprint density at radius 3 is 2.33 bits per heavy atom. The zero-order valence-corrected chi connectivity index (χ0v) is 13.6. The number of hydrogen-bond donors (Lipinski definition) is 2. The van der Waals surface area contributed by atoms with Crippen molar-refractivity contribution in [1.82, 2.24) is 10.0 Å². The number of carbonyl (C=O) groups is 2. The summed E-state index contributed by atoms with van der Waals surface area (Å²) in [6, 6.07) is 0. The summed E-state index contributed by atoms with van der Waals surface area (Å²) in [5, 5.41) is 13.0. The summed E-state index contributed by atoms with van der Waals surface area (Å²) in [6.07, 6.45) is 4.10. The molecule has 0 aliphatic carbocycles. The number of aromatic nitrogens is 1. The molecule has 1 aromatic heterocycles. The van der Waals surface area contributed by atoms with Crippen molar-refractivity contribution in [2.45, 2.75) is 52.4 Å². The fourth-order valence-corrected chi connectivity index (χ4v) is 2.62. The molecule has 2 N–H and O–H groups in total. The molecule has 1 rings (SSSR count). The van der Waals surface area contributed by atoms with Crippen LogP contribution in [0, 0.1) is 13.8 Å². The molecule has 21 heavy (non-hydrogen) atoms. The molecule has 0 radical (unpaired) electrons. The molecule has 0 bridgehead atoms. The van der Waals surface area contributed by atoms with Crippen LogP contribution < -0.4 is 5.32 Å². The first-order valence-electron chi connectivity index (χ1n) is 7.09. The average Bonchev–Trinajstić information content (AvgIpc) is 2.71. The summed E-state index contributed by atoms with van der Waals surface area (Å²) in [4.78, 5) is 28.2. The van der Waals surface area contributed by atoms with Crippen molar-refractivity contribution >= 4 is 28.3 Å². The zero-order chi connectivity index (χ0) is 15.8. The van der Waals surface area contributed by atoms with Gasteiger partial charge >= 0.3 is 0 Å². The SMILES string of the molecule is Cc1nc(NC(=O)CCCCCCC(=O)N(C)O)sc1C. The van der Waals surface area contributed by atoms with E-state index in [4.69, 9.17) is 5.21 Å². The van der Waals surface area contributed by atoms with E-state index in [0.29, 0.717) is 23.0 Å². The second-order valence-electron chi connectivity index (χ2n) is 5.04. The molecule has 1 heterocycles. The lowest BCUT2D eigenvalue weighted by molar-refractivity contribution is -0.159. The van der Waals surface area contributed by atoms with Crippen molar-refractivity contribution in [2.24, 2.45) is 0 Å². The quantitative estimate of drug-likeness (QED) is 0.439. The van der Waals surface area contributed by atoms with Gasteiger partial charge in [-0.3, -0.25) is 14.8 Å². The summed E-state index contributed by atoms with van der Waals surface area (Å²) >= 11 is 1.49. The highest BCUT2D eigenvalue weighted by atomic mass is 32.1. The Morgan fingerprint density at radius 1 is 1.19 bits per heavy atom. The summed E-state index contributed by atoms with van der Waals surface area (Å²) in [6.45, 7) is 3.90. The van der Waals surface area contributed by atoms with Gasteiger partial charge in [0, 0.05) is 24.8 Å². The van der Waals surface area contributed by atoms with Crippen molar-refractivity contribution in [1.29, 1.82) is 0 Å². The molecule has 7 heteroatoms. The number of unbranched alkanes of at least 4 members (excludes halogenated alkanes) is 3. The van der Waals surface area contributed by atoms with Crippen LogP contribution >= 0.6 is 11.3 Å². The minimum Gasteiger partial charge on any atom is -0.302 e. The minimum atomic E-state index is -0.276. The Morgan fingerprint density at radius 2 is 1.81 bits per heavy atom. The molecule has 0 atom stereocenters. The maximum atomic E-state index is 11.7. The highest BCUT2D eigenvalue weighted by Gasteiger charge is 2.08. The van der Waals surface area contributed by atoms with E-state index < -0.39 is 0 Å². The van der Waals surface area contributed by atoms with Gasteiger partial charge in [0.25, 0.3) is 0 Å². The number of carbonyl (C=O) groups excluding carboxylic acids is 2. The Kier molecular flexibility index (Phi) is 7.31. The molecule has 0 spiro atoms. The number of hydroxylamine groups is 2. The number of aryl methyl sites for hydroxylation is 2. The standard InChI is InChI=1S/C14H23N3O3S/c1-10-11(2)21-14(15-10)16-12(18)8-6-4-5-7-9-13(19)17(3)20/h20H,4-9H2,1-3H3,(H,15,16,18). The molecule has 2 amide bonds. The molecule has 118 valence electrons. The van der Waals surface area contributed by atoms with Gasteiger partial charge in [-0.25, -0.2) is 10.0 Å². The average molecular weight is 313 g/mol. The van der Waals surface area contributed by atoms with Crippen LogP contribution in [0.5, 0.6) is 0 Å². The fraction of sp³-hybridized carbons (Fsp3) is 0.643. The molecule has 0 aliphatic rings. The van der Waals surface area contributed by atoms with Crippen LogP contribution in [0.1, 0.15) is 49.1 Å². The number of rotatable bonds is 8. The van der Waals surface area contributed by atoms with Crippen LogP contribution in [0.25, 0.3) is 0 Å². The largest absolute Gasteiger partial charge is 0.302 e. The first-order chi connectivity index (χ1) is 9.90. The second kappa shape index (κ2) is 8.74. The Labute approximate surface area is 129 Å². The van der Waals surface area contributed by atoms with E-state index >= 15 is 0 Å². The van der Waals surface area contributed by atoms with E-state index in [1.807, 2.05) is 13.8 Å². The van der Waals surface area contributed by atoms with Crippen molar-refractivity contribution in [2.75, 3.05) is 12.4 Å². The van der Waals surface area contributed by atoms with Crippen molar-refractivity contribution in [3.63, 3.8) is 0 Å². The van der Waals surface area contributed by atoms with E-state index in [9.17, 15) is 9.59 Å². The first-order valence-corrected chi connectivity index (χ1v) is 7.91. The third kappa shape index (κ3) is 6.68. The maximum absolute atomic E-state index is 11.7. The number of amides is 2. The topological polar surface area (TPSA) is 82.5 Å². The van der Waals surface area contributed by atoms with Gasteiger partial charge < -0.3 is 5.32 Å². The van der Waals surface area contributed by atoms with Crippen molar-refractivity contribution in [3.8, 4) is 0 Å². The van der Waals surface area contributed by atoms with E-state index in [-0.39, 0.29) is 11.8 Å². The predicted molar refractivity (Wildman–Crippen MR) is 82.5 cm³/mol. The fourth-order valence-electron chi connectivity index (χ4n) is 1.79. The Bertz CT molecular complexity index is 466. The number of hydrogen-bond acceptors (Lipinski definition) is 5. The van der Waals surface area contributed by atoms with Crippen molar-refractivity contribution < 1.29 is 14.8 Å². The maximum Gasteiger partial charge on any atom is 0.245 e. The smallest absolute Gasteiger partial charge is 0.245 e. The highest BCUT2D eigenvalue weighted by Crippen LogP contribution is 2.21. The van der Waals surface area contributed by atoms with Gasteiger partial charge in [0.15, 0.2) is 5.13 Å². The molecule has 0 saturated carbocycles. The van der Waals surface area contributed by atoms with Crippen LogP contribution in [0.3, 0.4) is 0 Å². The molecule has 0 aromatic carbocycles. The zero-order valence-electron chi connectivity index (χ0n) is 12.8. The van der Waals surface area contributed by atoms with Crippen LogP contribution in [0.2, 0.25) is 0 Å². The predicted octanol–water partition coefficient (Wildman–Crippen LogP) is 2.89. The van der Waals surface area contributed by atoms with Gasteiger partial charge in [-0.1, -0.05) is 12.8 Å². The van der Waals surface area contributed by atoms with Crippen molar-refractivity contribution in [3.05, 3.63) is 10.6 Å². The number of thiazole rings is 1. The molecule has 0 saturated heterocycles. The van der Waals surface area contributed by atoms with E-state index in [1.165, 1.54) is 18.4 Å². The van der Waals surface area contributed by atoms with Crippen LogP contribution in [-0.2, 0) is 9.59 Å². The van der Waals surface area contributed by atoms with Gasteiger partial charge in [-0.05, 0) is 26.7 Å². The minimum absolute atomic E-state index is 0.0186. The van der Waals surface area contributed by atoms with Gasteiger partial charge in [0.1, 0.15) is 0 Å². The lowest BCUT2D eigenvalue weighted by Crippen LogP contribution is -2.21. The van der Waals surface area contributed by atoms with Gasteiger partial charge in [0.05, 0.1) is 5.69 Å². The molecule has 0 aliphatic heterocycles. The van der Waals surface area contributed by atoms with E-state index in [2.05, 4.69) is 10.3 Å². The summed E-state index contributed by atoms with van der Waals surface area (Å²) in [5.41, 5.74) is 0.953. The van der Waals surface area contributed by atoms with Gasteiger partial charge in [-0.2, -0.15) is 0 Å². The van der Waals surface area contributed by atoms with E-state index in [0.717, 1.165) is 36.3 Å². The normalized spacial score (nSPS) is 10.5. The molecular weight excluding hydrogens is 290 g/mol. The first kappa shape index (κ1) is 17.6. The van der Waals surface area contributed by atoms with Crippen LogP contribution in [0.4, 0.5) is 5.13 Å². The number of nitrogens with zero attached hydrogens (tertiary/aromatic N) is 2. The van der Waals surface area contributed by atoms with Gasteiger partial charge in [0.2, 0.25) is 11.8 Å². The monoisotopic (exact) mass is 313 g/mol. The summed E-state index contributed by atoms with van der Waals surface area (Å²) in [7, 11) is 1.33. The number of nitrogens with one attached hydrogen (secondary N) is 1. The molecule has 0 unspecified atom stereocenters. The highest BCUT2D eigenvalue weighted by molar-refractivity contribution is 7.15. The summed E-state index contributed by atoms with van der Waals surface area (Å²) < 4.78 is 0. The van der Waals surface area contributed by atoms with Crippen LogP contribution in [0.15, 0.2) is 0 Å². The van der Waals surface area contributed by atoms with Crippen LogP contribution in [-0.4, -0.2) is 34.1 Å². The third-order valence-corrected chi connectivity index (χ3v) is 4.17. The second-order valence-corrected chi connectivity index (χ2v) is 6.24. The molecular formula is C14H23N3O3S.